The molecule has 15 heavy (non-hydrogen) atoms. The lowest BCUT2D eigenvalue weighted by Gasteiger charge is -2.18. The molecule has 1 rings (SSSR count). The molecule has 1 heterocycles. The van der Waals surface area contributed by atoms with Gasteiger partial charge in [-0.3, -0.25) is 9.59 Å². The smallest absolute Gasteiger partial charge is 0.330 e. The van der Waals surface area contributed by atoms with Crippen molar-refractivity contribution in [3.8, 4) is 0 Å². The van der Waals surface area contributed by atoms with E-state index in [9.17, 15) is 14.4 Å². The van der Waals surface area contributed by atoms with E-state index in [0.717, 1.165) is 0 Å². The fourth-order valence-electron chi connectivity index (χ4n) is 1.22. The summed E-state index contributed by atoms with van der Waals surface area (Å²) >= 11 is 0. The Balaban J connectivity index is 2.51. The maximum absolute atomic E-state index is 11.3. The molecule has 0 aromatic heterocycles. The molecule has 0 N–H and O–H groups in total. The largest absolute Gasteiger partial charge is 0.333 e. The molecule has 0 aliphatic carbocycles. The maximum atomic E-state index is 11.3. The number of carbonyl (C=O) groups is 3. The van der Waals surface area contributed by atoms with E-state index in [2.05, 4.69) is 0 Å². The van der Waals surface area contributed by atoms with Gasteiger partial charge in [-0.05, 0) is 5.41 Å². The lowest BCUT2D eigenvalue weighted by atomic mass is 9.93. The molecule has 0 spiro atoms. The summed E-state index contributed by atoms with van der Waals surface area (Å²) in [5.41, 5.74) is -0.219. The van der Waals surface area contributed by atoms with Crippen LogP contribution >= 0.6 is 0 Å². The average molecular weight is 213 g/mol. The number of nitrogens with zero attached hydrogens (tertiary/aromatic N) is 1. The predicted octanol–water partition coefficient (Wildman–Crippen LogP) is 1.03. The van der Waals surface area contributed by atoms with Gasteiger partial charge in [-0.1, -0.05) is 20.8 Å². The molecule has 2 amide bonds. The molecule has 84 valence electrons. The molecule has 5 heteroatoms. The zero-order valence-corrected chi connectivity index (χ0v) is 9.20. The third-order valence-electron chi connectivity index (χ3n) is 1.87. The van der Waals surface area contributed by atoms with Crippen molar-refractivity contribution in [3.05, 3.63) is 0 Å². The van der Waals surface area contributed by atoms with E-state index in [1.807, 2.05) is 20.8 Å². The van der Waals surface area contributed by atoms with E-state index in [1.165, 1.54) is 0 Å². The lowest BCUT2D eigenvalue weighted by molar-refractivity contribution is -0.198. The zero-order chi connectivity index (χ0) is 11.6. The molecule has 0 bridgehead atoms. The van der Waals surface area contributed by atoms with Crippen molar-refractivity contribution in [2.24, 2.45) is 5.41 Å². The molecule has 5 nitrogen and oxygen atoms in total. The Labute approximate surface area is 88.3 Å². The van der Waals surface area contributed by atoms with E-state index in [4.69, 9.17) is 4.84 Å². The third kappa shape index (κ3) is 3.34. The van der Waals surface area contributed by atoms with Crippen molar-refractivity contribution in [1.29, 1.82) is 0 Å². The second kappa shape index (κ2) is 4.00. The van der Waals surface area contributed by atoms with Crippen molar-refractivity contribution in [2.45, 2.75) is 40.0 Å². The summed E-state index contributed by atoms with van der Waals surface area (Å²) in [6.07, 6.45) is 0.424. The van der Waals surface area contributed by atoms with Crippen LogP contribution in [-0.4, -0.2) is 22.8 Å². The fourth-order valence-corrected chi connectivity index (χ4v) is 1.22. The van der Waals surface area contributed by atoms with E-state index < -0.39 is 17.8 Å². The first-order chi connectivity index (χ1) is 6.79. The highest BCUT2D eigenvalue weighted by atomic mass is 16.7. The van der Waals surface area contributed by atoms with E-state index in [-0.39, 0.29) is 24.7 Å². The van der Waals surface area contributed by atoms with Crippen molar-refractivity contribution in [2.75, 3.05) is 0 Å². The molecule has 0 aromatic rings. The first kappa shape index (κ1) is 11.7. The monoisotopic (exact) mass is 213 g/mol. The summed E-state index contributed by atoms with van der Waals surface area (Å²) in [7, 11) is 0. The van der Waals surface area contributed by atoms with Crippen LogP contribution in [0.25, 0.3) is 0 Å². The minimum absolute atomic E-state index is 0.127. The molecule has 0 aromatic carbocycles. The molecule has 1 fully saturated rings. The average Bonchev–Trinajstić information content (AvgIpc) is 2.32. The van der Waals surface area contributed by atoms with Gasteiger partial charge < -0.3 is 4.84 Å². The highest BCUT2D eigenvalue weighted by molar-refractivity contribution is 6.01. The van der Waals surface area contributed by atoms with Crippen LogP contribution in [0, 0.1) is 5.41 Å². The zero-order valence-electron chi connectivity index (χ0n) is 9.20. The van der Waals surface area contributed by atoms with Gasteiger partial charge in [0.1, 0.15) is 0 Å². The maximum Gasteiger partial charge on any atom is 0.333 e. The number of carbonyl (C=O) groups excluding carboxylic acids is 3. The van der Waals surface area contributed by atoms with Gasteiger partial charge in [0.2, 0.25) is 0 Å². The van der Waals surface area contributed by atoms with Gasteiger partial charge in [-0.15, -0.1) is 5.06 Å². The van der Waals surface area contributed by atoms with Gasteiger partial charge in [0.15, 0.2) is 0 Å². The first-order valence-electron chi connectivity index (χ1n) is 4.86. The van der Waals surface area contributed by atoms with Crippen molar-refractivity contribution in [3.63, 3.8) is 0 Å². The minimum Gasteiger partial charge on any atom is -0.330 e. The number of imide groups is 1. The van der Waals surface area contributed by atoms with Crippen molar-refractivity contribution >= 4 is 17.8 Å². The summed E-state index contributed by atoms with van der Waals surface area (Å²) in [5, 5.41) is 0.577. The summed E-state index contributed by atoms with van der Waals surface area (Å²) in [5.74, 6) is -1.43. The normalized spacial score (nSPS) is 17.1. The number of amides is 2. The van der Waals surface area contributed by atoms with Crippen LogP contribution in [-0.2, 0) is 19.2 Å². The van der Waals surface area contributed by atoms with Crippen LogP contribution in [0.1, 0.15) is 40.0 Å². The highest BCUT2D eigenvalue weighted by Crippen LogP contribution is 2.20. The molecule has 0 radical (unpaired) electrons. The van der Waals surface area contributed by atoms with Crippen LogP contribution in [0.4, 0.5) is 0 Å². The van der Waals surface area contributed by atoms with E-state index in [1.54, 1.807) is 0 Å². The Morgan fingerprint density at radius 1 is 1.27 bits per heavy atom. The summed E-state index contributed by atoms with van der Waals surface area (Å²) in [4.78, 5) is 38.3. The molecule has 1 aliphatic rings. The molecule has 0 saturated carbocycles. The SMILES string of the molecule is CC(C)(C)CC(=O)ON1C(=O)CCC1=O. The van der Waals surface area contributed by atoms with Gasteiger partial charge in [-0.2, -0.15) is 0 Å². The third-order valence-corrected chi connectivity index (χ3v) is 1.87. The molecule has 1 aliphatic heterocycles. The fraction of sp³-hybridized carbons (Fsp3) is 0.700. The molecule has 0 atom stereocenters. The predicted molar refractivity (Wildman–Crippen MR) is 51.3 cm³/mol. The van der Waals surface area contributed by atoms with Crippen molar-refractivity contribution < 1.29 is 19.2 Å². The minimum atomic E-state index is -0.550. The standard InChI is InChI=1S/C10H15NO4/c1-10(2,3)6-9(14)15-11-7(12)4-5-8(11)13/h4-6H2,1-3H3. The number of hydrogen-bond acceptors (Lipinski definition) is 4. The second-order valence-corrected chi connectivity index (χ2v) is 4.78. The Hall–Kier alpha value is -1.39. The Morgan fingerprint density at radius 2 is 1.73 bits per heavy atom. The number of hydroxylamine groups is 2. The van der Waals surface area contributed by atoms with Crippen molar-refractivity contribution in [1.82, 2.24) is 5.06 Å². The topological polar surface area (TPSA) is 63.7 Å². The molecular formula is C10H15NO4. The van der Waals surface area contributed by atoms with Crippen LogP contribution in [0.3, 0.4) is 0 Å². The van der Waals surface area contributed by atoms with Gasteiger partial charge in [0.05, 0.1) is 6.42 Å². The van der Waals surface area contributed by atoms with Gasteiger partial charge in [0.25, 0.3) is 11.8 Å². The van der Waals surface area contributed by atoms with Gasteiger partial charge >= 0.3 is 5.97 Å². The van der Waals surface area contributed by atoms with E-state index in [0.29, 0.717) is 5.06 Å². The number of rotatable bonds is 2. The van der Waals surface area contributed by atoms with Crippen LogP contribution < -0.4 is 0 Å². The van der Waals surface area contributed by atoms with Crippen LogP contribution in [0.2, 0.25) is 0 Å². The first-order valence-corrected chi connectivity index (χ1v) is 4.86. The van der Waals surface area contributed by atoms with Gasteiger partial charge in [0, 0.05) is 12.8 Å². The molecule has 0 unspecified atom stereocenters. The Kier molecular flexibility index (Phi) is 3.12. The summed E-state index contributed by atoms with van der Waals surface area (Å²) in [6.45, 7) is 5.63. The molecular weight excluding hydrogens is 198 g/mol. The summed E-state index contributed by atoms with van der Waals surface area (Å²) in [6, 6.07) is 0. The number of hydrogen-bond donors (Lipinski definition) is 0. The van der Waals surface area contributed by atoms with E-state index >= 15 is 0 Å². The van der Waals surface area contributed by atoms with Gasteiger partial charge in [-0.25, -0.2) is 4.79 Å². The summed E-state index contributed by atoms with van der Waals surface area (Å²) < 4.78 is 0. The molecule has 1 saturated heterocycles. The van der Waals surface area contributed by atoms with Crippen LogP contribution in [0.15, 0.2) is 0 Å². The van der Waals surface area contributed by atoms with Crippen LogP contribution in [0.5, 0.6) is 0 Å². The Bertz CT molecular complexity index is 287. The Morgan fingerprint density at radius 3 is 2.13 bits per heavy atom. The highest BCUT2D eigenvalue weighted by Gasteiger charge is 2.33. The lowest BCUT2D eigenvalue weighted by Crippen LogP contribution is -2.33. The quantitative estimate of drug-likeness (QED) is 0.643. The second-order valence-electron chi connectivity index (χ2n) is 4.78.